The molecular formula is C18H15N5O2S. The Hall–Kier alpha value is -3.26. The van der Waals surface area contributed by atoms with Crippen molar-refractivity contribution in [1.29, 1.82) is 0 Å². The van der Waals surface area contributed by atoms with Crippen molar-refractivity contribution in [3.05, 3.63) is 64.4 Å². The first-order chi connectivity index (χ1) is 12.6. The predicted molar refractivity (Wildman–Crippen MR) is 101 cm³/mol. The molecule has 0 saturated heterocycles. The Morgan fingerprint density at radius 1 is 1.27 bits per heavy atom. The summed E-state index contributed by atoms with van der Waals surface area (Å²) in [6.07, 6.45) is 1.71. The number of rotatable bonds is 4. The summed E-state index contributed by atoms with van der Waals surface area (Å²) in [7, 11) is 0. The van der Waals surface area contributed by atoms with Crippen LogP contribution >= 0.6 is 11.3 Å². The zero-order valence-electron chi connectivity index (χ0n) is 13.8. The fourth-order valence-electron chi connectivity index (χ4n) is 2.63. The van der Waals surface area contributed by atoms with Gasteiger partial charge < -0.3 is 5.32 Å². The van der Waals surface area contributed by atoms with E-state index in [4.69, 9.17) is 0 Å². The van der Waals surface area contributed by atoms with Gasteiger partial charge in [0.25, 0.3) is 5.56 Å². The number of amides is 1. The molecule has 26 heavy (non-hydrogen) atoms. The third-order valence-corrected chi connectivity index (χ3v) is 4.95. The average Bonchev–Trinajstić information content (AvgIpc) is 3.33. The molecule has 0 aliphatic heterocycles. The third kappa shape index (κ3) is 3.02. The molecule has 0 aliphatic rings. The second-order valence-corrected chi connectivity index (χ2v) is 6.76. The van der Waals surface area contributed by atoms with Gasteiger partial charge in [0.2, 0.25) is 5.91 Å². The molecule has 4 aromatic rings. The minimum Gasteiger partial charge on any atom is -0.324 e. The van der Waals surface area contributed by atoms with Gasteiger partial charge >= 0.3 is 0 Å². The number of fused-ring (bicyclic) bond motifs is 1. The van der Waals surface area contributed by atoms with E-state index >= 15 is 0 Å². The Balaban J connectivity index is 1.60. The Bertz CT molecular complexity index is 1130. The molecule has 3 aromatic heterocycles. The van der Waals surface area contributed by atoms with Gasteiger partial charge in [-0.25, -0.2) is 4.68 Å². The summed E-state index contributed by atoms with van der Waals surface area (Å²) in [4.78, 5) is 25.7. The van der Waals surface area contributed by atoms with Gasteiger partial charge in [0, 0.05) is 17.1 Å². The van der Waals surface area contributed by atoms with Gasteiger partial charge in [-0.1, -0.05) is 6.07 Å². The minimum atomic E-state index is -0.750. The number of H-pyrrole nitrogens is 1. The Morgan fingerprint density at radius 3 is 2.96 bits per heavy atom. The van der Waals surface area contributed by atoms with Crippen molar-refractivity contribution in [1.82, 2.24) is 20.0 Å². The van der Waals surface area contributed by atoms with Crippen molar-refractivity contribution < 1.29 is 4.79 Å². The van der Waals surface area contributed by atoms with E-state index in [2.05, 4.69) is 20.6 Å². The van der Waals surface area contributed by atoms with Crippen LogP contribution < -0.4 is 10.9 Å². The maximum atomic E-state index is 12.6. The quantitative estimate of drug-likeness (QED) is 0.581. The number of anilines is 1. The predicted octanol–water partition coefficient (Wildman–Crippen LogP) is 3.05. The van der Waals surface area contributed by atoms with Gasteiger partial charge in [-0.15, -0.1) is 11.3 Å². The van der Waals surface area contributed by atoms with Crippen LogP contribution in [-0.4, -0.2) is 25.9 Å². The first kappa shape index (κ1) is 16.2. The smallest absolute Gasteiger partial charge is 0.267 e. The van der Waals surface area contributed by atoms with Crippen molar-refractivity contribution in [2.24, 2.45) is 0 Å². The summed E-state index contributed by atoms with van der Waals surface area (Å²) in [5, 5.41) is 16.9. The van der Waals surface area contributed by atoms with Gasteiger partial charge in [0.1, 0.15) is 11.7 Å². The van der Waals surface area contributed by atoms with Gasteiger partial charge in [-0.3, -0.25) is 14.7 Å². The first-order valence-electron chi connectivity index (χ1n) is 7.99. The Labute approximate surface area is 152 Å². The lowest BCUT2D eigenvalue weighted by Crippen LogP contribution is -2.33. The van der Waals surface area contributed by atoms with Crippen molar-refractivity contribution in [2.75, 3.05) is 5.32 Å². The maximum absolute atomic E-state index is 12.6. The van der Waals surface area contributed by atoms with Gasteiger partial charge in [-0.05, 0) is 42.6 Å². The van der Waals surface area contributed by atoms with Crippen LogP contribution in [0.3, 0.4) is 0 Å². The molecule has 1 unspecified atom stereocenters. The number of benzene rings is 1. The number of thiophene rings is 1. The third-order valence-electron chi connectivity index (χ3n) is 4.05. The van der Waals surface area contributed by atoms with E-state index in [9.17, 15) is 9.59 Å². The number of hydrogen-bond acceptors (Lipinski definition) is 5. The van der Waals surface area contributed by atoms with Crippen molar-refractivity contribution in [3.8, 4) is 10.6 Å². The summed E-state index contributed by atoms with van der Waals surface area (Å²) < 4.78 is 1.21. The summed E-state index contributed by atoms with van der Waals surface area (Å²) in [5.74, 6) is -0.318. The topological polar surface area (TPSA) is 92.7 Å². The molecule has 0 spiro atoms. The Morgan fingerprint density at radius 2 is 2.15 bits per heavy atom. The number of hydrogen-bond donors (Lipinski definition) is 2. The van der Waals surface area contributed by atoms with E-state index in [-0.39, 0.29) is 11.5 Å². The van der Waals surface area contributed by atoms with E-state index in [0.717, 1.165) is 15.8 Å². The molecule has 7 nitrogen and oxygen atoms in total. The largest absolute Gasteiger partial charge is 0.324 e. The van der Waals surface area contributed by atoms with Crippen LogP contribution in [0.4, 0.5) is 5.69 Å². The molecule has 4 rings (SSSR count). The molecule has 1 amide bonds. The second kappa shape index (κ2) is 6.57. The summed E-state index contributed by atoms with van der Waals surface area (Å²) in [6, 6.07) is 11.6. The average molecular weight is 365 g/mol. The van der Waals surface area contributed by atoms with Crippen LogP contribution in [0.2, 0.25) is 0 Å². The van der Waals surface area contributed by atoms with Crippen molar-refractivity contribution in [3.63, 3.8) is 0 Å². The van der Waals surface area contributed by atoms with E-state index in [1.807, 2.05) is 23.6 Å². The monoisotopic (exact) mass is 365 g/mol. The minimum absolute atomic E-state index is 0.318. The summed E-state index contributed by atoms with van der Waals surface area (Å²) >= 11 is 1.53. The van der Waals surface area contributed by atoms with Crippen LogP contribution in [-0.2, 0) is 4.79 Å². The highest BCUT2D eigenvalue weighted by Gasteiger charge is 2.18. The van der Waals surface area contributed by atoms with Crippen molar-refractivity contribution >= 4 is 33.8 Å². The van der Waals surface area contributed by atoms with Crippen LogP contribution in [0.25, 0.3) is 21.5 Å². The lowest BCUT2D eigenvalue weighted by Gasteiger charge is -2.14. The van der Waals surface area contributed by atoms with E-state index < -0.39 is 6.04 Å². The number of nitrogens with one attached hydrogen (secondary N) is 2. The van der Waals surface area contributed by atoms with Crippen molar-refractivity contribution in [2.45, 2.75) is 13.0 Å². The molecule has 3 heterocycles. The van der Waals surface area contributed by atoms with Crippen LogP contribution in [0.1, 0.15) is 13.0 Å². The molecule has 0 bridgehead atoms. The molecule has 2 N–H and O–H groups in total. The number of aromatic amines is 1. The lowest BCUT2D eigenvalue weighted by molar-refractivity contribution is -0.119. The second-order valence-electron chi connectivity index (χ2n) is 5.82. The number of carbonyl (C=O) groups excluding carboxylic acids is 1. The van der Waals surface area contributed by atoms with E-state index in [0.29, 0.717) is 11.4 Å². The van der Waals surface area contributed by atoms with Crippen LogP contribution in [0.5, 0.6) is 0 Å². The number of carbonyl (C=O) groups is 1. The number of nitrogens with zero attached hydrogens (tertiary/aromatic N) is 3. The lowest BCUT2D eigenvalue weighted by atomic mass is 10.2. The van der Waals surface area contributed by atoms with E-state index in [1.165, 1.54) is 22.1 Å². The van der Waals surface area contributed by atoms with Gasteiger partial charge in [0.05, 0.1) is 16.6 Å². The summed E-state index contributed by atoms with van der Waals surface area (Å²) in [5.41, 5.74) is 1.79. The highest BCUT2D eigenvalue weighted by molar-refractivity contribution is 7.13. The van der Waals surface area contributed by atoms with E-state index in [1.54, 1.807) is 31.3 Å². The molecule has 130 valence electrons. The van der Waals surface area contributed by atoms with Crippen LogP contribution in [0.15, 0.2) is 58.8 Å². The first-order valence-corrected chi connectivity index (χ1v) is 8.87. The fraction of sp³-hybridized carbons (Fsp3) is 0.111. The molecule has 8 heteroatoms. The highest BCUT2D eigenvalue weighted by atomic mass is 32.1. The van der Waals surface area contributed by atoms with Gasteiger partial charge in [-0.2, -0.15) is 10.2 Å². The molecule has 0 fully saturated rings. The Kier molecular flexibility index (Phi) is 4.10. The SMILES string of the molecule is CC(C(=O)Nc1ccc2cn[nH]c2c1)n1nc(-c2cccs2)ccc1=O. The zero-order chi connectivity index (χ0) is 18.1. The molecule has 0 aliphatic carbocycles. The maximum Gasteiger partial charge on any atom is 0.267 e. The van der Waals surface area contributed by atoms with Gasteiger partial charge in [0.15, 0.2) is 0 Å². The molecule has 0 radical (unpaired) electrons. The normalized spacial score (nSPS) is 12.2. The van der Waals surface area contributed by atoms with Crippen LogP contribution in [0, 0.1) is 0 Å². The highest BCUT2D eigenvalue weighted by Crippen LogP contribution is 2.22. The fourth-order valence-corrected chi connectivity index (χ4v) is 3.32. The molecule has 1 atom stereocenters. The molecule has 0 saturated carbocycles. The summed E-state index contributed by atoms with van der Waals surface area (Å²) in [6.45, 7) is 1.65. The molecule has 1 aromatic carbocycles. The zero-order valence-corrected chi connectivity index (χ0v) is 14.7. The molecular weight excluding hydrogens is 350 g/mol. The number of aromatic nitrogens is 4. The standard InChI is InChI=1S/C18H15N5O2S/c1-11(18(25)20-13-5-4-12-10-19-21-15(12)9-13)23-17(24)7-6-14(22-23)16-3-2-8-26-16/h2-11H,1H3,(H,19,21)(H,20,25).